The molecule has 0 aliphatic rings. The lowest BCUT2D eigenvalue weighted by Gasteiger charge is -2.07. The second-order valence-corrected chi connectivity index (χ2v) is 6.37. The summed E-state index contributed by atoms with van der Waals surface area (Å²) >= 11 is 3.33. The van der Waals surface area contributed by atoms with Gasteiger partial charge in [-0.2, -0.15) is 5.10 Å². The third kappa shape index (κ3) is 3.25. The number of nitrogens with zero attached hydrogens (tertiary/aromatic N) is 2. The molecule has 0 saturated carbocycles. The number of thioether (sulfide) groups is 1. The van der Waals surface area contributed by atoms with Crippen LogP contribution in [0.25, 0.3) is 10.6 Å². The lowest BCUT2D eigenvalue weighted by molar-refractivity contribution is 0.643. The fourth-order valence-corrected chi connectivity index (χ4v) is 3.12. The molecule has 0 atom stereocenters. The smallest absolute Gasteiger partial charge is 0.267 e. The first-order valence-electron chi connectivity index (χ1n) is 6.51. The van der Waals surface area contributed by atoms with Crippen LogP contribution in [0.5, 0.6) is 0 Å². The van der Waals surface area contributed by atoms with Crippen molar-refractivity contribution in [2.24, 2.45) is 0 Å². The van der Waals surface area contributed by atoms with Gasteiger partial charge in [0.1, 0.15) is 5.69 Å². The van der Waals surface area contributed by atoms with Crippen LogP contribution in [0.4, 0.5) is 0 Å². The van der Waals surface area contributed by atoms with Gasteiger partial charge in [-0.05, 0) is 41.5 Å². The van der Waals surface area contributed by atoms with Crippen molar-refractivity contribution in [1.82, 2.24) is 9.78 Å². The Morgan fingerprint density at radius 1 is 1.14 bits per heavy atom. The topological polar surface area (TPSA) is 34.9 Å². The van der Waals surface area contributed by atoms with E-state index in [2.05, 4.69) is 17.2 Å². The zero-order chi connectivity index (χ0) is 14.7. The Balaban J connectivity index is 1.90. The molecular weight excluding hydrogens is 300 g/mol. The molecule has 3 rings (SSSR count). The Hall–Kier alpha value is -1.85. The van der Waals surface area contributed by atoms with Gasteiger partial charge in [-0.15, -0.1) is 23.1 Å². The fraction of sp³-hybridized carbons (Fsp3) is 0.125. The first-order valence-corrected chi connectivity index (χ1v) is 8.62. The molecule has 21 heavy (non-hydrogen) atoms. The Bertz CT molecular complexity index is 777. The van der Waals surface area contributed by atoms with Gasteiger partial charge in [-0.25, -0.2) is 4.68 Å². The highest BCUT2D eigenvalue weighted by molar-refractivity contribution is 7.98. The Morgan fingerprint density at radius 3 is 2.62 bits per heavy atom. The average Bonchev–Trinajstić information content (AvgIpc) is 3.04. The molecule has 0 N–H and O–H groups in total. The van der Waals surface area contributed by atoms with E-state index in [-0.39, 0.29) is 5.56 Å². The Kier molecular flexibility index (Phi) is 4.22. The van der Waals surface area contributed by atoms with Crippen molar-refractivity contribution < 1.29 is 0 Å². The van der Waals surface area contributed by atoms with Crippen molar-refractivity contribution >= 4 is 23.1 Å². The highest BCUT2D eigenvalue weighted by Gasteiger charge is 2.05. The van der Waals surface area contributed by atoms with Crippen molar-refractivity contribution in [3.8, 4) is 10.6 Å². The van der Waals surface area contributed by atoms with Crippen LogP contribution in [0.15, 0.2) is 63.6 Å². The van der Waals surface area contributed by atoms with Crippen LogP contribution in [0.2, 0.25) is 0 Å². The average molecular weight is 314 g/mol. The maximum atomic E-state index is 12.0. The van der Waals surface area contributed by atoms with Crippen molar-refractivity contribution in [2.45, 2.75) is 11.4 Å². The van der Waals surface area contributed by atoms with E-state index in [0.717, 1.165) is 16.1 Å². The summed E-state index contributed by atoms with van der Waals surface area (Å²) in [6.45, 7) is 0.493. The Labute approximate surface area is 131 Å². The molecule has 2 aromatic heterocycles. The maximum absolute atomic E-state index is 12.0. The van der Waals surface area contributed by atoms with E-state index in [1.54, 1.807) is 35.2 Å². The maximum Gasteiger partial charge on any atom is 0.267 e. The highest BCUT2D eigenvalue weighted by Crippen LogP contribution is 2.21. The molecule has 0 bridgehead atoms. The summed E-state index contributed by atoms with van der Waals surface area (Å²) in [4.78, 5) is 14.3. The second kappa shape index (κ2) is 6.28. The van der Waals surface area contributed by atoms with Crippen LogP contribution in [-0.4, -0.2) is 16.0 Å². The van der Waals surface area contributed by atoms with E-state index in [1.165, 1.54) is 9.58 Å². The van der Waals surface area contributed by atoms with Crippen molar-refractivity contribution in [1.29, 1.82) is 0 Å². The molecule has 2 heterocycles. The summed E-state index contributed by atoms with van der Waals surface area (Å²) in [5.74, 6) is 0. The number of hydrogen-bond acceptors (Lipinski definition) is 4. The monoisotopic (exact) mass is 314 g/mol. The van der Waals surface area contributed by atoms with Gasteiger partial charge in [0, 0.05) is 11.0 Å². The van der Waals surface area contributed by atoms with Gasteiger partial charge in [-0.3, -0.25) is 4.79 Å². The van der Waals surface area contributed by atoms with Gasteiger partial charge >= 0.3 is 0 Å². The van der Waals surface area contributed by atoms with E-state index in [0.29, 0.717) is 6.54 Å². The van der Waals surface area contributed by atoms with Gasteiger partial charge in [-0.1, -0.05) is 18.2 Å². The first kappa shape index (κ1) is 14.1. The minimum atomic E-state index is -0.0794. The van der Waals surface area contributed by atoms with Crippen molar-refractivity contribution in [2.75, 3.05) is 6.26 Å². The summed E-state index contributed by atoms with van der Waals surface area (Å²) in [5, 5.41) is 6.47. The summed E-state index contributed by atoms with van der Waals surface area (Å²) in [7, 11) is 0. The molecule has 3 nitrogen and oxygen atoms in total. The largest absolute Gasteiger partial charge is 0.268 e. The third-order valence-electron chi connectivity index (χ3n) is 3.13. The zero-order valence-electron chi connectivity index (χ0n) is 11.5. The molecule has 0 aliphatic heterocycles. The summed E-state index contributed by atoms with van der Waals surface area (Å²) in [6.07, 6.45) is 2.05. The van der Waals surface area contributed by atoms with Gasteiger partial charge in [0.15, 0.2) is 0 Å². The van der Waals surface area contributed by atoms with Gasteiger partial charge < -0.3 is 0 Å². The zero-order valence-corrected chi connectivity index (χ0v) is 13.2. The van der Waals surface area contributed by atoms with Crippen molar-refractivity contribution in [3.05, 3.63) is 69.8 Å². The molecule has 0 aliphatic carbocycles. The molecule has 0 fully saturated rings. The number of rotatable bonds is 4. The summed E-state index contributed by atoms with van der Waals surface area (Å²) in [5.41, 5.74) is 1.83. The lowest BCUT2D eigenvalue weighted by Crippen LogP contribution is -2.22. The minimum absolute atomic E-state index is 0.0794. The predicted molar refractivity (Wildman–Crippen MR) is 89.1 cm³/mol. The third-order valence-corrected chi connectivity index (χ3v) is 4.77. The quantitative estimate of drug-likeness (QED) is 0.688. The van der Waals surface area contributed by atoms with Crippen LogP contribution >= 0.6 is 23.1 Å². The SMILES string of the molecule is CSc1ccc(Cn2nc(-c3cccs3)ccc2=O)cc1. The molecule has 0 radical (unpaired) electrons. The first-order chi connectivity index (χ1) is 10.3. The van der Waals surface area contributed by atoms with Gasteiger partial charge in [0.2, 0.25) is 0 Å². The van der Waals surface area contributed by atoms with Gasteiger partial charge in [0.05, 0.1) is 11.4 Å². The highest BCUT2D eigenvalue weighted by atomic mass is 32.2. The molecular formula is C16H14N2OS2. The molecule has 106 valence electrons. The number of thiophene rings is 1. The molecule has 3 aromatic rings. The number of benzene rings is 1. The normalized spacial score (nSPS) is 10.7. The molecule has 0 unspecified atom stereocenters. The van der Waals surface area contributed by atoms with Crippen LogP contribution < -0.4 is 5.56 Å². The second-order valence-electron chi connectivity index (χ2n) is 4.54. The van der Waals surface area contributed by atoms with Crippen LogP contribution in [-0.2, 0) is 6.54 Å². The van der Waals surface area contributed by atoms with Crippen molar-refractivity contribution in [3.63, 3.8) is 0 Å². The van der Waals surface area contributed by atoms with E-state index in [1.807, 2.05) is 35.9 Å². The standard InChI is InChI=1S/C16H14N2OS2/c1-20-13-6-4-12(5-7-13)11-18-16(19)9-8-14(17-18)15-3-2-10-21-15/h2-10H,11H2,1H3. The van der Waals surface area contributed by atoms with Crippen LogP contribution in [0, 0.1) is 0 Å². The molecule has 0 saturated heterocycles. The number of aromatic nitrogens is 2. The predicted octanol–water partition coefficient (Wildman–Crippen LogP) is 3.74. The molecule has 0 amide bonds. The minimum Gasteiger partial charge on any atom is -0.268 e. The van der Waals surface area contributed by atoms with E-state index in [9.17, 15) is 4.79 Å². The van der Waals surface area contributed by atoms with Gasteiger partial charge in [0.25, 0.3) is 5.56 Å². The van der Waals surface area contributed by atoms with E-state index in [4.69, 9.17) is 0 Å². The fourth-order valence-electron chi connectivity index (χ4n) is 2.02. The molecule has 5 heteroatoms. The summed E-state index contributed by atoms with van der Waals surface area (Å²) < 4.78 is 1.52. The lowest BCUT2D eigenvalue weighted by atomic mass is 10.2. The number of hydrogen-bond donors (Lipinski definition) is 0. The molecule has 0 spiro atoms. The Morgan fingerprint density at radius 2 is 1.95 bits per heavy atom. The van der Waals surface area contributed by atoms with E-state index >= 15 is 0 Å². The van der Waals surface area contributed by atoms with E-state index < -0.39 is 0 Å². The van der Waals surface area contributed by atoms with Crippen LogP contribution in [0.3, 0.4) is 0 Å². The molecule has 1 aromatic carbocycles. The summed E-state index contributed by atoms with van der Waals surface area (Å²) in [6, 6.07) is 15.6. The van der Waals surface area contributed by atoms with Crippen LogP contribution in [0.1, 0.15) is 5.56 Å².